The average molecular weight is 459 g/mol. The van der Waals surface area contributed by atoms with Crippen molar-refractivity contribution in [3.63, 3.8) is 0 Å². The van der Waals surface area contributed by atoms with Crippen LogP contribution in [0.5, 0.6) is 5.75 Å². The molecule has 1 N–H and O–H groups in total. The van der Waals surface area contributed by atoms with Crippen LogP contribution in [0, 0.1) is 6.92 Å². The molecule has 0 radical (unpaired) electrons. The fourth-order valence-corrected chi connectivity index (χ4v) is 5.13. The number of hydrogen-bond donors (Lipinski definition) is 1. The second-order valence-electron chi connectivity index (χ2n) is 8.00. The van der Waals surface area contributed by atoms with E-state index in [1.165, 1.54) is 0 Å². The Kier molecular flexibility index (Phi) is 6.73. The molecule has 0 saturated carbocycles. The number of H-pyrrole nitrogens is 1. The third-order valence-electron chi connectivity index (χ3n) is 5.62. The van der Waals surface area contributed by atoms with Crippen molar-refractivity contribution in [1.82, 2.24) is 28.8 Å². The first-order valence-corrected chi connectivity index (χ1v) is 12.1. The second-order valence-corrected chi connectivity index (χ2v) is 9.49. The molecular weight excluding hydrogens is 428 g/mol. The number of aromatic amines is 1. The van der Waals surface area contributed by atoms with Gasteiger partial charge in [0.15, 0.2) is 11.3 Å². The van der Waals surface area contributed by atoms with Crippen LogP contribution >= 0.6 is 0 Å². The topological polar surface area (TPSA) is 95.8 Å². The number of likely N-dealkylation sites (N-methyl/N-ethyl adjacent to an activating group) is 1. The van der Waals surface area contributed by atoms with E-state index in [1.54, 1.807) is 10.6 Å². The molecule has 1 fully saturated rings. The van der Waals surface area contributed by atoms with Crippen molar-refractivity contribution in [3.8, 4) is 17.1 Å². The predicted octanol–water partition coefficient (Wildman–Crippen LogP) is 2.01. The van der Waals surface area contributed by atoms with Crippen LogP contribution in [0.25, 0.3) is 16.9 Å². The zero-order chi connectivity index (χ0) is 22.8. The molecule has 0 spiro atoms. The molecule has 1 aliphatic rings. The van der Waals surface area contributed by atoms with Crippen LogP contribution in [0.1, 0.15) is 31.8 Å². The maximum atomic E-state index is 13.3. The van der Waals surface area contributed by atoms with Gasteiger partial charge in [-0.3, -0.25) is 4.79 Å². The number of imidazole rings is 1. The van der Waals surface area contributed by atoms with Crippen LogP contribution in [-0.4, -0.2) is 72.8 Å². The van der Waals surface area contributed by atoms with Crippen LogP contribution in [0.3, 0.4) is 0 Å². The third-order valence-corrected chi connectivity index (χ3v) is 7.11. The SMILES string of the molecule is CCCc1nc(C)c2c(=O)[nH]c(-c3cc(S(=O)N4CCN(C)CC4)ccc3OCC)nn12. The van der Waals surface area contributed by atoms with Crippen LogP contribution in [-0.2, 0) is 17.4 Å². The van der Waals surface area contributed by atoms with Crippen molar-refractivity contribution in [2.45, 2.75) is 38.5 Å². The normalized spacial score (nSPS) is 16.5. The maximum absolute atomic E-state index is 13.3. The Balaban J connectivity index is 1.80. The largest absolute Gasteiger partial charge is 0.493 e. The minimum atomic E-state index is -1.30. The summed E-state index contributed by atoms with van der Waals surface area (Å²) in [6.07, 6.45) is 1.61. The van der Waals surface area contributed by atoms with Gasteiger partial charge in [-0.15, -0.1) is 5.10 Å². The number of hydrogen-bond acceptors (Lipinski definition) is 6. The van der Waals surface area contributed by atoms with Gasteiger partial charge in [-0.1, -0.05) is 6.92 Å². The lowest BCUT2D eigenvalue weighted by atomic mass is 10.2. The van der Waals surface area contributed by atoms with Gasteiger partial charge in [-0.2, -0.15) is 0 Å². The molecule has 2 aromatic heterocycles. The van der Waals surface area contributed by atoms with Gasteiger partial charge in [-0.05, 0) is 45.5 Å². The first kappa shape index (κ1) is 22.6. The minimum Gasteiger partial charge on any atom is -0.493 e. The molecule has 3 aromatic rings. The van der Waals surface area contributed by atoms with Crippen LogP contribution in [0.15, 0.2) is 27.9 Å². The second kappa shape index (κ2) is 9.51. The maximum Gasteiger partial charge on any atom is 0.277 e. The molecule has 4 rings (SSSR count). The molecule has 9 nitrogen and oxygen atoms in total. The average Bonchev–Trinajstić information content (AvgIpc) is 3.10. The number of benzene rings is 1. The van der Waals surface area contributed by atoms with Crippen molar-refractivity contribution in [2.24, 2.45) is 0 Å². The zero-order valence-corrected chi connectivity index (χ0v) is 19.9. The highest BCUT2D eigenvalue weighted by Crippen LogP contribution is 2.30. The highest BCUT2D eigenvalue weighted by atomic mass is 32.2. The Morgan fingerprint density at radius 3 is 2.62 bits per heavy atom. The summed E-state index contributed by atoms with van der Waals surface area (Å²) in [7, 11) is 0.763. The summed E-state index contributed by atoms with van der Waals surface area (Å²) in [5.74, 6) is 1.71. The van der Waals surface area contributed by atoms with E-state index in [-0.39, 0.29) is 5.56 Å². The lowest BCUT2D eigenvalue weighted by Gasteiger charge is -2.31. The van der Waals surface area contributed by atoms with Gasteiger partial charge in [0.1, 0.15) is 22.6 Å². The highest BCUT2D eigenvalue weighted by molar-refractivity contribution is 7.82. The summed E-state index contributed by atoms with van der Waals surface area (Å²) >= 11 is 0. The zero-order valence-electron chi connectivity index (χ0n) is 19.1. The summed E-state index contributed by atoms with van der Waals surface area (Å²) in [5, 5.41) is 4.71. The molecule has 1 atom stereocenters. The Labute approximate surface area is 190 Å². The first-order chi connectivity index (χ1) is 15.4. The van der Waals surface area contributed by atoms with Crippen molar-refractivity contribution in [1.29, 1.82) is 0 Å². The molecule has 32 heavy (non-hydrogen) atoms. The molecule has 0 aliphatic carbocycles. The van der Waals surface area contributed by atoms with E-state index < -0.39 is 11.0 Å². The standard InChI is InChI=1S/C22H30N6O3S/c1-5-7-19-23-15(3)20-22(29)24-21(25-28(19)20)17-14-16(8-9-18(17)31-6-2)32(30)27-12-10-26(4)11-13-27/h8-9,14H,5-7,10-13H2,1-4H3,(H,24,25,29). The molecule has 3 heterocycles. The van der Waals surface area contributed by atoms with E-state index in [9.17, 15) is 9.00 Å². The van der Waals surface area contributed by atoms with E-state index in [0.717, 1.165) is 44.8 Å². The molecular formula is C22H30N6O3S. The van der Waals surface area contributed by atoms with Gasteiger partial charge in [0, 0.05) is 32.6 Å². The minimum absolute atomic E-state index is 0.254. The molecule has 10 heteroatoms. The van der Waals surface area contributed by atoms with Gasteiger partial charge in [0.05, 0.1) is 22.8 Å². The van der Waals surface area contributed by atoms with Gasteiger partial charge in [-0.25, -0.2) is 18.0 Å². The van der Waals surface area contributed by atoms with E-state index in [0.29, 0.717) is 39.9 Å². The number of piperazine rings is 1. The van der Waals surface area contributed by atoms with Crippen LogP contribution in [0.4, 0.5) is 0 Å². The number of aryl methyl sites for hydroxylation is 2. The molecule has 1 aliphatic heterocycles. The lowest BCUT2D eigenvalue weighted by Crippen LogP contribution is -2.45. The molecule has 1 unspecified atom stereocenters. The Bertz CT molecular complexity index is 1200. The molecule has 0 amide bonds. The van der Waals surface area contributed by atoms with Gasteiger partial charge >= 0.3 is 0 Å². The van der Waals surface area contributed by atoms with Crippen LogP contribution in [0.2, 0.25) is 0 Å². The van der Waals surface area contributed by atoms with E-state index in [4.69, 9.17) is 9.84 Å². The summed E-state index contributed by atoms with van der Waals surface area (Å²) in [6, 6.07) is 5.44. The fraction of sp³-hybridized carbons (Fsp3) is 0.500. The number of nitrogens with one attached hydrogen (secondary N) is 1. The van der Waals surface area contributed by atoms with Crippen molar-refractivity contribution in [2.75, 3.05) is 39.8 Å². The van der Waals surface area contributed by atoms with Crippen molar-refractivity contribution < 1.29 is 8.95 Å². The molecule has 0 bridgehead atoms. The van der Waals surface area contributed by atoms with Crippen molar-refractivity contribution in [3.05, 3.63) is 40.1 Å². The summed E-state index contributed by atoms with van der Waals surface area (Å²) in [5.41, 5.74) is 1.46. The summed E-state index contributed by atoms with van der Waals surface area (Å²) in [6.45, 7) is 9.47. The van der Waals surface area contributed by atoms with E-state index >= 15 is 0 Å². The quantitative estimate of drug-likeness (QED) is 0.582. The van der Waals surface area contributed by atoms with Gasteiger partial charge in [0.2, 0.25) is 0 Å². The Morgan fingerprint density at radius 1 is 1.19 bits per heavy atom. The van der Waals surface area contributed by atoms with Gasteiger partial charge < -0.3 is 14.6 Å². The highest BCUT2D eigenvalue weighted by Gasteiger charge is 2.23. The lowest BCUT2D eigenvalue weighted by molar-refractivity contribution is 0.228. The predicted molar refractivity (Wildman–Crippen MR) is 124 cm³/mol. The van der Waals surface area contributed by atoms with E-state index in [2.05, 4.69) is 28.8 Å². The van der Waals surface area contributed by atoms with Crippen molar-refractivity contribution >= 4 is 16.5 Å². The first-order valence-electron chi connectivity index (χ1n) is 11.0. The van der Waals surface area contributed by atoms with Gasteiger partial charge in [0.25, 0.3) is 5.56 Å². The molecule has 1 aromatic carbocycles. The number of aromatic nitrogens is 4. The smallest absolute Gasteiger partial charge is 0.277 e. The number of fused-ring (bicyclic) bond motifs is 1. The number of rotatable bonds is 7. The molecule has 1 saturated heterocycles. The third kappa shape index (κ3) is 4.35. The van der Waals surface area contributed by atoms with E-state index in [1.807, 2.05) is 30.3 Å². The Hall–Kier alpha value is -2.56. The Morgan fingerprint density at radius 2 is 1.94 bits per heavy atom. The fourth-order valence-electron chi connectivity index (χ4n) is 3.93. The summed E-state index contributed by atoms with van der Waals surface area (Å²) < 4.78 is 22.7. The monoisotopic (exact) mass is 458 g/mol. The molecule has 172 valence electrons. The number of ether oxygens (including phenoxy) is 1. The number of nitrogens with zero attached hydrogens (tertiary/aromatic N) is 5. The van der Waals surface area contributed by atoms with Crippen LogP contribution < -0.4 is 10.3 Å². The summed E-state index contributed by atoms with van der Waals surface area (Å²) in [4.78, 5) is 23.2.